The summed E-state index contributed by atoms with van der Waals surface area (Å²) in [7, 11) is 0. The van der Waals surface area contributed by atoms with Gasteiger partial charge in [-0.05, 0) is 28.1 Å². The predicted molar refractivity (Wildman–Crippen MR) is 65.5 cm³/mol. The number of halogens is 1. The highest BCUT2D eigenvalue weighted by Crippen LogP contribution is 2.34. The zero-order valence-corrected chi connectivity index (χ0v) is 9.89. The molecule has 1 aliphatic heterocycles. The van der Waals surface area contributed by atoms with Crippen LogP contribution in [0, 0.1) is 0 Å². The van der Waals surface area contributed by atoms with Crippen LogP contribution < -0.4 is 4.90 Å². The van der Waals surface area contributed by atoms with E-state index in [1.54, 1.807) is 6.34 Å². The number of benzene rings is 1. The van der Waals surface area contributed by atoms with Gasteiger partial charge >= 0.3 is 0 Å². The summed E-state index contributed by atoms with van der Waals surface area (Å²) in [6.45, 7) is 0. The molecular formula is C8H7BrN2S2. The Balaban J connectivity index is 2.35. The first-order valence-corrected chi connectivity index (χ1v) is 5.84. The van der Waals surface area contributed by atoms with Crippen molar-refractivity contribution in [3.63, 3.8) is 0 Å². The number of hydrogen-bond acceptors (Lipinski definition) is 4. The van der Waals surface area contributed by atoms with Gasteiger partial charge in [0.25, 0.3) is 0 Å². The Morgan fingerprint density at radius 3 is 2.85 bits per heavy atom. The second-order valence-corrected chi connectivity index (χ2v) is 5.07. The molecule has 1 unspecified atom stereocenters. The zero-order valence-electron chi connectivity index (χ0n) is 6.59. The Hall–Kier alpha value is -0.130. The number of anilines is 1. The molecule has 2 nitrogen and oxygen atoms in total. The van der Waals surface area contributed by atoms with Crippen molar-refractivity contribution in [2.24, 2.45) is 4.40 Å². The van der Waals surface area contributed by atoms with Crippen LogP contribution in [0.5, 0.6) is 0 Å². The maximum absolute atomic E-state index is 4.39. The van der Waals surface area contributed by atoms with Crippen LogP contribution >= 0.6 is 40.5 Å². The number of nitrogens with zero attached hydrogens (tertiary/aromatic N) is 2. The summed E-state index contributed by atoms with van der Waals surface area (Å²) in [6, 6.07) is 8.02. The average molecular weight is 275 g/mol. The van der Waals surface area contributed by atoms with Crippen molar-refractivity contribution in [1.82, 2.24) is 0 Å². The third-order valence-corrected chi connectivity index (χ3v) is 3.53. The van der Waals surface area contributed by atoms with Crippen molar-refractivity contribution in [1.29, 1.82) is 0 Å². The van der Waals surface area contributed by atoms with Crippen molar-refractivity contribution in [2.75, 3.05) is 4.90 Å². The maximum Gasteiger partial charge on any atom is 0.146 e. The topological polar surface area (TPSA) is 15.6 Å². The van der Waals surface area contributed by atoms with Gasteiger partial charge in [-0.15, -0.1) is 12.6 Å². The summed E-state index contributed by atoms with van der Waals surface area (Å²) in [5.74, 6) is 0. The van der Waals surface area contributed by atoms with Crippen LogP contribution in [0.15, 0.2) is 33.1 Å². The van der Waals surface area contributed by atoms with Gasteiger partial charge < -0.3 is 4.90 Å². The lowest BCUT2D eigenvalue weighted by molar-refractivity contribution is 1.22. The van der Waals surface area contributed by atoms with Crippen LogP contribution in [0.25, 0.3) is 0 Å². The third kappa shape index (κ3) is 1.87. The second-order valence-electron chi connectivity index (χ2n) is 2.51. The van der Waals surface area contributed by atoms with Crippen LogP contribution in [-0.2, 0) is 0 Å². The lowest BCUT2D eigenvalue weighted by Crippen LogP contribution is -2.23. The van der Waals surface area contributed by atoms with Crippen LogP contribution in [0.2, 0.25) is 0 Å². The van der Waals surface area contributed by atoms with Crippen molar-refractivity contribution < 1.29 is 0 Å². The number of rotatable bonds is 1. The van der Waals surface area contributed by atoms with Crippen molar-refractivity contribution in [3.05, 3.63) is 28.7 Å². The predicted octanol–water partition coefficient (Wildman–Crippen LogP) is 3.16. The largest absolute Gasteiger partial charge is 0.307 e. The van der Waals surface area contributed by atoms with Crippen LogP contribution in [0.1, 0.15) is 0 Å². The summed E-state index contributed by atoms with van der Waals surface area (Å²) in [6.07, 6.45) is 1.79. The Kier molecular flexibility index (Phi) is 2.86. The molecule has 1 aromatic carbocycles. The molecule has 5 heteroatoms. The monoisotopic (exact) mass is 274 g/mol. The minimum Gasteiger partial charge on any atom is -0.307 e. The van der Waals surface area contributed by atoms with E-state index in [0.717, 1.165) is 10.2 Å². The Morgan fingerprint density at radius 2 is 2.23 bits per heavy atom. The van der Waals surface area contributed by atoms with Gasteiger partial charge in [0.15, 0.2) is 0 Å². The third-order valence-electron chi connectivity index (χ3n) is 1.70. The highest BCUT2D eigenvalue weighted by atomic mass is 79.9. The van der Waals surface area contributed by atoms with Crippen molar-refractivity contribution in [2.45, 2.75) is 4.71 Å². The van der Waals surface area contributed by atoms with E-state index in [2.05, 4.69) is 33.0 Å². The normalized spacial score (nSPS) is 21.1. The van der Waals surface area contributed by atoms with Crippen LogP contribution in [0.4, 0.5) is 5.69 Å². The molecule has 0 aromatic heterocycles. The molecule has 0 N–H and O–H groups in total. The molecule has 0 amide bonds. The van der Waals surface area contributed by atoms with Gasteiger partial charge in [-0.25, -0.2) is 4.40 Å². The second kappa shape index (κ2) is 3.94. The fraction of sp³-hybridized carbons (Fsp3) is 0.125. The van der Waals surface area contributed by atoms with E-state index in [1.807, 2.05) is 29.2 Å². The van der Waals surface area contributed by atoms with Crippen molar-refractivity contribution in [3.8, 4) is 0 Å². The first kappa shape index (κ1) is 9.43. The van der Waals surface area contributed by atoms with E-state index in [0.29, 0.717) is 0 Å². The summed E-state index contributed by atoms with van der Waals surface area (Å²) < 4.78 is 5.22. The smallest absolute Gasteiger partial charge is 0.146 e. The van der Waals surface area contributed by atoms with Gasteiger partial charge in [-0.1, -0.05) is 12.1 Å². The first-order chi connectivity index (χ1) is 6.29. The van der Waals surface area contributed by atoms with E-state index in [4.69, 9.17) is 0 Å². The summed E-state index contributed by atoms with van der Waals surface area (Å²) in [4.78, 5) is 2.01. The van der Waals surface area contributed by atoms with Gasteiger partial charge in [-0.2, -0.15) is 0 Å². The van der Waals surface area contributed by atoms with E-state index >= 15 is 0 Å². The standard InChI is InChI=1S/C8H7BrN2S2/c9-6-3-1-2-4-7(6)11-5-10-13-8(11)12/h1-5,8,12H. The molecule has 0 bridgehead atoms. The fourth-order valence-corrected chi connectivity index (χ4v) is 2.45. The van der Waals surface area contributed by atoms with Gasteiger partial charge in [-0.3, -0.25) is 0 Å². The average Bonchev–Trinajstić information content (AvgIpc) is 2.52. The Labute approximate surface area is 95.1 Å². The van der Waals surface area contributed by atoms with Gasteiger partial charge in [0.1, 0.15) is 11.0 Å². The lowest BCUT2D eigenvalue weighted by Gasteiger charge is -2.19. The molecule has 0 saturated heterocycles. The SMILES string of the molecule is SC1SN=CN1c1ccccc1Br. The number of thiol groups is 1. The Morgan fingerprint density at radius 1 is 1.46 bits per heavy atom. The molecule has 0 spiro atoms. The molecule has 0 aliphatic carbocycles. The molecule has 68 valence electrons. The molecule has 1 heterocycles. The van der Waals surface area contributed by atoms with E-state index in [9.17, 15) is 0 Å². The molecule has 13 heavy (non-hydrogen) atoms. The van der Waals surface area contributed by atoms with Gasteiger partial charge in [0.2, 0.25) is 0 Å². The molecule has 0 radical (unpaired) electrons. The van der Waals surface area contributed by atoms with E-state index in [-0.39, 0.29) is 4.71 Å². The minimum atomic E-state index is 0.0821. The highest BCUT2D eigenvalue weighted by Gasteiger charge is 2.20. The van der Waals surface area contributed by atoms with Crippen LogP contribution in [0.3, 0.4) is 0 Å². The molecule has 1 aromatic rings. The van der Waals surface area contributed by atoms with Gasteiger partial charge in [0, 0.05) is 16.4 Å². The first-order valence-electron chi connectivity index (χ1n) is 3.69. The maximum atomic E-state index is 4.39. The molecule has 0 saturated carbocycles. The molecular weight excluding hydrogens is 268 g/mol. The summed E-state index contributed by atoms with van der Waals surface area (Å²) in [5, 5.41) is 0. The molecule has 0 fully saturated rings. The van der Waals surface area contributed by atoms with E-state index in [1.165, 1.54) is 11.9 Å². The Bertz CT molecular complexity index is 343. The summed E-state index contributed by atoms with van der Waals surface area (Å²) in [5.41, 5.74) is 1.09. The molecule has 1 atom stereocenters. The van der Waals surface area contributed by atoms with Gasteiger partial charge in [0.05, 0.1) is 5.69 Å². The van der Waals surface area contributed by atoms with E-state index < -0.39 is 0 Å². The zero-order chi connectivity index (χ0) is 9.26. The highest BCUT2D eigenvalue weighted by molar-refractivity contribution is 9.10. The van der Waals surface area contributed by atoms with Crippen molar-refractivity contribution >= 4 is 52.5 Å². The molecule has 2 rings (SSSR count). The lowest BCUT2D eigenvalue weighted by atomic mass is 10.3. The number of para-hydroxylation sites is 1. The molecule has 1 aliphatic rings. The van der Waals surface area contributed by atoms with Crippen LogP contribution in [-0.4, -0.2) is 11.0 Å². The minimum absolute atomic E-state index is 0.0821. The summed E-state index contributed by atoms with van der Waals surface area (Å²) >= 11 is 9.32. The quantitative estimate of drug-likeness (QED) is 0.625. The number of hydrogen-bond donors (Lipinski definition) is 1. The fourth-order valence-electron chi connectivity index (χ4n) is 1.08.